The van der Waals surface area contributed by atoms with Crippen LogP contribution in [0.3, 0.4) is 0 Å². The Hall–Kier alpha value is -2.32. The lowest BCUT2D eigenvalue weighted by molar-refractivity contribution is 0.324. The van der Waals surface area contributed by atoms with Crippen LogP contribution in [0.4, 0.5) is 0 Å². The molecule has 0 amide bonds. The van der Waals surface area contributed by atoms with Crippen molar-refractivity contribution >= 4 is 22.9 Å². The van der Waals surface area contributed by atoms with Gasteiger partial charge in [-0.15, -0.1) is 11.3 Å². The molecule has 0 aliphatic carbocycles. The molecule has 8 heteroatoms. The quantitative estimate of drug-likeness (QED) is 0.220. The molecule has 4 aromatic heterocycles. The monoisotopic (exact) mass is 588 g/mol. The molecule has 0 unspecified atom stereocenters. The summed E-state index contributed by atoms with van der Waals surface area (Å²) < 4.78 is 14.2. The van der Waals surface area contributed by atoms with Crippen LogP contribution in [0.1, 0.15) is 135 Å². The highest BCUT2D eigenvalue weighted by Crippen LogP contribution is 2.27. The number of aryl methyl sites for hydroxylation is 1. The Morgan fingerprint density at radius 2 is 1.43 bits per heavy atom. The van der Waals surface area contributed by atoms with E-state index in [2.05, 4.69) is 123 Å². The Bertz CT molecular complexity index is 1170. The van der Waals surface area contributed by atoms with E-state index in [-0.39, 0.29) is 21.7 Å². The summed E-state index contributed by atoms with van der Waals surface area (Å²) in [5.41, 5.74) is 4.05. The van der Waals surface area contributed by atoms with E-state index in [0.29, 0.717) is 5.92 Å². The molecule has 4 rings (SSSR count). The molecule has 0 aliphatic rings. The van der Waals surface area contributed by atoms with Crippen molar-refractivity contribution in [2.45, 2.75) is 131 Å². The minimum atomic E-state index is 0.0696. The summed E-state index contributed by atoms with van der Waals surface area (Å²) >= 11 is 3.33. The van der Waals surface area contributed by atoms with Gasteiger partial charge in [0, 0.05) is 38.9 Å². The van der Waals surface area contributed by atoms with Crippen molar-refractivity contribution in [1.82, 2.24) is 19.7 Å². The van der Waals surface area contributed by atoms with Crippen LogP contribution in [-0.2, 0) is 21.7 Å². The molecule has 0 radical (unpaired) electrons. The van der Waals surface area contributed by atoms with Crippen molar-refractivity contribution in [3.05, 3.63) is 68.8 Å². The summed E-state index contributed by atoms with van der Waals surface area (Å²) in [4.78, 5) is 5.57. The van der Waals surface area contributed by atoms with Crippen molar-refractivity contribution in [2.75, 3.05) is 0 Å². The molecule has 0 bridgehead atoms. The summed E-state index contributed by atoms with van der Waals surface area (Å²) in [5, 5.41) is 10.8. The number of aromatic nitrogens is 4. The van der Waals surface area contributed by atoms with E-state index in [4.69, 9.17) is 9.05 Å². The average Bonchev–Trinajstić information content (AvgIpc) is 3.61. The number of nitrogens with zero attached hydrogens (tertiary/aromatic N) is 4. The maximum atomic E-state index is 5.24. The first-order chi connectivity index (χ1) is 18.1. The lowest BCUT2D eigenvalue weighted by Gasteiger charge is -2.13. The van der Waals surface area contributed by atoms with Gasteiger partial charge < -0.3 is 9.05 Å². The lowest BCUT2D eigenvalue weighted by Crippen LogP contribution is -2.09. The highest BCUT2D eigenvalue weighted by molar-refractivity contribution is 7.09. The van der Waals surface area contributed by atoms with E-state index in [9.17, 15) is 0 Å². The number of rotatable bonds is 1. The van der Waals surface area contributed by atoms with E-state index in [1.165, 1.54) is 9.88 Å². The van der Waals surface area contributed by atoms with Crippen molar-refractivity contribution in [3.8, 4) is 0 Å². The van der Waals surface area contributed by atoms with Crippen LogP contribution in [0.25, 0.3) is 0 Å². The Morgan fingerprint density at radius 3 is 1.65 bits per heavy atom. The predicted molar refractivity (Wildman–Crippen MR) is 171 cm³/mol. The summed E-state index contributed by atoms with van der Waals surface area (Å²) in [7, 11) is 0. The summed E-state index contributed by atoms with van der Waals surface area (Å²) in [6, 6.07) is 4.20. The molecule has 0 aliphatic heterocycles. The summed E-state index contributed by atoms with van der Waals surface area (Å²) in [5.74, 6) is 1.41. The number of hydrogen-bond acceptors (Lipinski definition) is 8. The lowest BCUT2D eigenvalue weighted by atomic mass is 9.90. The first-order valence-electron chi connectivity index (χ1n) is 13.8. The number of hydrogen-bond donors (Lipinski definition) is 0. The molecular formula is C32H52N4O2S2. The van der Waals surface area contributed by atoms with Gasteiger partial charge in [0.15, 0.2) is 0 Å². The molecule has 6 nitrogen and oxygen atoms in total. The van der Waals surface area contributed by atoms with Crippen molar-refractivity contribution < 1.29 is 9.05 Å². The summed E-state index contributed by atoms with van der Waals surface area (Å²) in [6.07, 6.45) is 5.28. The van der Waals surface area contributed by atoms with E-state index < -0.39 is 0 Å². The van der Waals surface area contributed by atoms with Crippen LogP contribution < -0.4 is 0 Å². The van der Waals surface area contributed by atoms with Crippen molar-refractivity contribution in [2.24, 2.45) is 0 Å². The fraction of sp³-hybridized carbons (Fsp3) is 0.625. The molecule has 4 heterocycles. The van der Waals surface area contributed by atoms with Gasteiger partial charge in [0.1, 0.15) is 12.0 Å². The Balaban J connectivity index is 0.000000269. The summed E-state index contributed by atoms with van der Waals surface area (Å²) in [6.45, 7) is 32.1. The molecule has 40 heavy (non-hydrogen) atoms. The van der Waals surface area contributed by atoms with Gasteiger partial charge in [-0.2, -0.15) is 4.37 Å². The van der Waals surface area contributed by atoms with Gasteiger partial charge in [-0.25, -0.2) is 4.98 Å². The van der Waals surface area contributed by atoms with Crippen LogP contribution in [0.2, 0.25) is 0 Å². The highest BCUT2D eigenvalue weighted by Gasteiger charge is 2.20. The maximum Gasteiger partial charge on any atom is 0.142 e. The topological polar surface area (TPSA) is 77.8 Å². The van der Waals surface area contributed by atoms with E-state index in [0.717, 1.165) is 22.7 Å². The zero-order valence-corrected chi connectivity index (χ0v) is 29.1. The first kappa shape index (κ1) is 35.7. The van der Waals surface area contributed by atoms with Gasteiger partial charge in [0.25, 0.3) is 0 Å². The molecule has 0 saturated carbocycles. The molecule has 0 spiro atoms. The molecule has 224 valence electrons. The Morgan fingerprint density at radius 1 is 0.800 bits per heavy atom. The van der Waals surface area contributed by atoms with Gasteiger partial charge in [-0.3, -0.25) is 0 Å². The van der Waals surface area contributed by atoms with Gasteiger partial charge in [0.2, 0.25) is 0 Å². The third-order valence-corrected chi connectivity index (χ3v) is 8.10. The number of thiazole rings is 1. The van der Waals surface area contributed by atoms with Crippen LogP contribution in [-0.4, -0.2) is 19.7 Å². The third kappa shape index (κ3) is 12.9. The zero-order chi connectivity index (χ0) is 30.9. The van der Waals surface area contributed by atoms with E-state index >= 15 is 0 Å². The minimum Gasteiger partial charge on any atom is -0.364 e. The molecule has 0 saturated heterocycles. The maximum absolute atomic E-state index is 5.24. The van der Waals surface area contributed by atoms with Crippen molar-refractivity contribution in [1.29, 1.82) is 0 Å². The molecular weight excluding hydrogens is 537 g/mol. The van der Waals surface area contributed by atoms with Crippen LogP contribution >= 0.6 is 22.9 Å². The Kier molecular flexibility index (Phi) is 13.0. The van der Waals surface area contributed by atoms with Gasteiger partial charge in [-0.05, 0) is 41.3 Å². The fourth-order valence-corrected chi connectivity index (χ4v) is 4.32. The largest absolute Gasteiger partial charge is 0.364 e. The van der Waals surface area contributed by atoms with Crippen molar-refractivity contribution in [3.63, 3.8) is 0 Å². The van der Waals surface area contributed by atoms with Gasteiger partial charge in [0.05, 0.1) is 22.6 Å². The van der Waals surface area contributed by atoms with Crippen LogP contribution in [0.15, 0.2) is 45.2 Å². The van der Waals surface area contributed by atoms with E-state index in [1.54, 1.807) is 35.3 Å². The van der Waals surface area contributed by atoms with Gasteiger partial charge in [-0.1, -0.05) is 107 Å². The fourth-order valence-electron chi connectivity index (χ4n) is 2.80. The standard InChI is InChI=1S/C10H17NO.C8H13NS.C7H11NO.C7H11NS/c1-7(2)8-6-9(12-11-8)10(3,4)5;1-6-5-7(10-9-6)8(2,3)4;1-7(2,3)6-4-8-9-5-6;1-7(2,3)6-8-4-5-9-6/h6-7H,1-5H3;5H,1-4H3;2*4-5H,1-3H3. The molecule has 4 aromatic rings. The first-order valence-corrected chi connectivity index (χ1v) is 15.5. The van der Waals surface area contributed by atoms with Crippen LogP contribution in [0, 0.1) is 6.92 Å². The SMILES string of the molecule is CC(C)(C)c1cnoc1.CC(C)(C)c1nccs1.CC(C)c1cc(C(C)(C)C)on1.Cc1cc(C(C)(C)C)sn1. The zero-order valence-electron chi connectivity index (χ0n) is 27.5. The second kappa shape index (κ2) is 14.5. The molecule has 0 fully saturated rings. The smallest absolute Gasteiger partial charge is 0.142 e. The molecule has 0 N–H and O–H groups in total. The minimum absolute atomic E-state index is 0.0696. The Labute approximate surface area is 251 Å². The van der Waals surface area contributed by atoms with Crippen LogP contribution in [0.5, 0.6) is 0 Å². The normalized spacial score (nSPS) is 12.1. The third-order valence-electron chi connectivity index (χ3n) is 5.60. The highest BCUT2D eigenvalue weighted by atomic mass is 32.1. The second-order valence-electron chi connectivity index (χ2n) is 14.4. The second-order valence-corrected chi connectivity index (χ2v) is 16.1. The van der Waals surface area contributed by atoms with E-state index in [1.807, 2.05) is 24.6 Å². The predicted octanol–water partition coefficient (Wildman–Crippen LogP) is 10.3. The molecule has 0 atom stereocenters. The molecule has 0 aromatic carbocycles. The average molecular weight is 589 g/mol. The van der Waals surface area contributed by atoms with Gasteiger partial charge >= 0.3 is 0 Å².